The van der Waals surface area contributed by atoms with Gasteiger partial charge in [0.2, 0.25) is 5.91 Å². The summed E-state index contributed by atoms with van der Waals surface area (Å²) in [6.45, 7) is 3.80. The van der Waals surface area contributed by atoms with Crippen molar-refractivity contribution >= 4 is 5.91 Å². The van der Waals surface area contributed by atoms with Gasteiger partial charge in [-0.2, -0.15) is 0 Å². The number of hydrogen-bond acceptors (Lipinski definition) is 3. The van der Waals surface area contributed by atoms with Gasteiger partial charge in [0, 0.05) is 13.0 Å². The van der Waals surface area contributed by atoms with Crippen LogP contribution in [0.15, 0.2) is 0 Å². The smallest absolute Gasteiger partial charge is 0.220 e. The van der Waals surface area contributed by atoms with Crippen molar-refractivity contribution in [1.29, 1.82) is 0 Å². The predicted molar refractivity (Wildman–Crippen MR) is 78.3 cm³/mol. The van der Waals surface area contributed by atoms with Crippen molar-refractivity contribution in [2.45, 2.75) is 45.4 Å². The lowest BCUT2D eigenvalue weighted by Gasteiger charge is -2.41. The highest BCUT2D eigenvalue weighted by Crippen LogP contribution is 2.45. The Morgan fingerprint density at radius 2 is 1.85 bits per heavy atom. The van der Waals surface area contributed by atoms with Crippen LogP contribution in [0, 0.1) is 23.7 Å². The van der Waals surface area contributed by atoms with Crippen molar-refractivity contribution in [2.24, 2.45) is 23.7 Å². The Bertz CT molecular complexity index is 290. The molecule has 2 unspecified atom stereocenters. The first-order valence-corrected chi connectivity index (χ1v) is 8.12. The number of ether oxygens (including phenoxy) is 1. The lowest BCUT2D eigenvalue weighted by molar-refractivity contribution is -0.122. The van der Waals surface area contributed by atoms with E-state index in [1.807, 2.05) is 0 Å². The van der Waals surface area contributed by atoms with Crippen LogP contribution in [0.1, 0.15) is 45.4 Å². The Labute approximate surface area is 122 Å². The van der Waals surface area contributed by atoms with Crippen molar-refractivity contribution in [2.75, 3.05) is 26.4 Å². The molecule has 0 aromatic heterocycles. The number of aliphatic hydroxyl groups is 1. The molecule has 4 nitrogen and oxygen atoms in total. The van der Waals surface area contributed by atoms with E-state index in [9.17, 15) is 4.79 Å². The molecule has 20 heavy (non-hydrogen) atoms. The Morgan fingerprint density at radius 3 is 2.50 bits per heavy atom. The standard InChI is InChI=1S/C16H29NO3/c1-12-6-13-8-14(7-12)10-15(9-13)11-16(19)17-2-4-20-5-3-18/h12-15,18H,2-11H2,1H3,(H,17,19). The van der Waals surface area contributed by atoms with E-state index < -0.39 is 0 Å². The number of fused-ring (bicyclic) bond motifs is 2. The van der Waals surface area contributed by atoms with Gasteiger partial charge in [-0.05, 0) is 55.8 Å². The van der Waals surface area contributed by atoms with E-state index in [1.165, 1.54) is 32.1 Å². The number of nitrogens with one attached hydrogen (secondary N) is 1. The van der Waals surface area contributed by atoms with Gasteiger partial charge in [-0.15, -0.1) is 0 Å². The number of carbonyl (C=O) groups is 1. The van der Waals surface area contributed by atoms with E-state index in [-0.39, 0.29) is 12.5 Å². The minimum absolute atomic E-state index is 0.0389. The third kappa shape index (κ3) is 5.06. The summed E-state index contributed by atoms with van der Waals surface area (Å²) in [5, 5.41) is 11.5. The molecule has 1 amide bonds. The second-order valence-electron chi connectivity index (χ2n) is 6.77. The van der Waals surface area contributed by atoms with Crippen LogP contribution in [-0.2, 0) is 9.53 Å². The van der Waals surface area contributed by atoms with Crippen LogP contribution in [0.2, 0.25) is 0 Å². The Morgan fingerprint density at radius 1 is 1.15 bits per heavy atom. The molecule has 4 heteroatoms. The van der Waals surface area contributed by atoms with Crippen molar-refractivity contribution in [3.8, 4) is 0 Å². The van der Waals surface area contributed by atoms with Crippen molar-refractivity contribution in [1.82, 2.24) is 5.32 Å². The van der Waals surface area contributed by atoms with E-state index in [1.54, 1.807) is 0 Å². The molecule has 2 atom stereocenters. The molecule has 2 aliphatic carbocycles. The highest BCUT2D eigenvalue weighted by Gasteiger charge is 2.35. The Balaban J connectivity index is 1.62. The third-order valence-electron chi connectivity index (χ3n) is 4.75. The molecule has 116 valence electrons. The van der Waals surface area contributed by atoms with E-state index in [2.05, 4.69) is 12.2 Å². The number of amides is 1. The van der Waals surface area contributed by atoms with Crippen LogP contribution in [0.4, 0.5) is 0 Å². The van der Waals surface area contributed by atoms with Crippen LogP contribution >= 0.6 is 0 Å². The number of carbonyl (C=O) groups excluding carboxylic acids is 1. The average molecular weight is 283 g/mol. The first-order valence-electron chi connectivity index (χ1n) is 8.12. The molecular weight excluding hydrogens is 254 g/mol. The molecule has 2 saturated carbocycles. The van der Waals surface area contributed by atoms with Gasteiger partial charge in [-0.3, -0.25) is 4.79 Å². The van der Waals surface area contributed by atoms with Gasteiger partial charge in [0.25, 0.3) is 0 Å². The van der Waals surface area contributed by atoms with Gasteiger partial charge < -0.3 is 15.2 Å². The number of rotatable bonds is 7. The Hall–Kier alpha value is -0.610. The molecule has 0 aromatic rings. The van der Waals surface area contributed by atoms with Gasteiger partial charge in [0.15, 0.2) is 0 Å². The fourth-order valence-electron chi connectivity index (χ4n) is 4.25. The maximum Gasteiger partial charge on any atom is 0.220 e. The van der Waals surface area contributed by atoms with Gasteiger partial charge in [0.05, 0.1) is 19.8 Å². The second kappa shape index (κ2) is 7.99. The molecule has 2 N–H and O–H groups in total. The van der Waals surface area contributed by atoms with Crippen LogP contribution < -0.4 is 5.32 Å². The fourth-order valence-corrected chi connectivity index (χ4v) is 4.25. The lowest BCUT2D eigenvalue weighted by atomic mass is 9.64. The topological polar surface area (TPSA) is 58.6 Å². The highest BCUT2D eigenvalue weighted by atomic mass is 16.5. The number of hydrogen-bond donors (Lipinski definition) is 2. The maximum atomic E-state index is 11.9. The van der Waals surface area contributed by atoms with Crippen LogP contribution in [0.5, 0.6) is 0 Å². The molecule has 0 heterocycles. The van der Waals surface area contributed by atoms with E-state index in [0.29, 0.717) is 32.1 Å². The largest absolute Gasteiger partial charge is 0.394 e. The highest BCUT2D eigenvalue weighted by molar-refractivity contribution is 5.76. The summed E-state index contributed by atoms with van der Waals surface area (Å²) in [6, 6.07) is 0. The third-order valence-corrected chi connectivity index (χ3v) is 4.75. The molecule has 0 saturated heterocycles. The summed E-state index contributed by atoms with van der Waals surface area (Å²) in [5.41, 5.74) is 0. The van der Waals surface area contributed by atoms with Crippen molar-refractivity contribution < 1.29 is 14.6 Å². The maximum absolute atomic E-state index is 11.9. The molecule has 0 radical (unpaired) electrons. The van der Waals surface area contributed by atoms with Gasteiger partial charge in [-0.1, -0.05) is 6.92 Å². The predicted octanol–water partition coefficient (Wildman–Crippen LogP) is 1.96. The monoisotopic (exact) mass is 283 g/mol. The Kier molecular flexibility index (Phi) is 6.30. The molecular formula is C16H29NO3. The number of aliphatic hydroxyl groups excluding tert-OH is 1. The van der Waals surface area contributed by atoms with Gasteiger partial charge in [0.1, 0.15) is 0 Å². The normalized spacial score (nSPS) is 32.9. The molecule has 2 fully saturated rings. The molecule has 0 aliphatic heterocycles. The van der Waals surface area contributed by atoms with Crippen LogP contribution in [-0.4, -0.2) is 37.4 Å². The quantitative estimate of drug-likeness (QED) is 0.702. The van der Waals surface area contributed by atoms with Crippen molar-refractivity contribution in [3.63, 3.8) is 0 Å². The summed E-state index contributed by atoms with van der Waals surface area (Å²) in [5.74, 6) is 3.36. The molecule has 0 spiro atoms. The fraction of sp³-hybridized carbons (Fsp3) is 0.938. The van der Waals surface area contributed by atoms with Gasteiger partial charge >= 0.3 is 0 Å². The first-order chi connectivity index (χ1) is 9.67. The zero-order chi connectivity index (χ0) is 14.4. The van der Waals surface area contributed by atoms with Crippen LogP contribution in [0.25, 0.3) is 0 Å². The first kappa shape index (κ1) is 15.8. The molecule has 2 rings (SSSR count). The summed E-state index contributed by atoms with van der Waals surface area (Å²) >= 11 is 0. The summed E-state index contributed by atoms with van der Waals surface area (Å²) in [7, 11) is 0. The zero-order valence-electron chi connectivity index (χ0n) is 12.6. The van der Waals surface area contributed by atoms with E-state index >= 15 is 0 Å². The molecule has 2 bridgehead atoms. The van der Waals surface area contributed by atoms with E-state index in [0.717, 1.165) is 17.8 Å². The van der Waals surface area contributed by atoms with Crippen molar-refractivity contribution in [3.05, 3.63) is 0 Å². The molecule has 0 aromatic carbocycles. The average Bonchev–Trinajstić information content (AvgIpc) is 2.37. The summed E-state index contributed by atoms with van der Waals surface area (Å²) < 4.78 is 5.13. The minimum atomic E-state index is 0.0389. The second-order valence-corrected chi connectivity index (χ2v) is 6.77. The lowest BCUT2D eigenvalue weighted by Crippen LogP contribution is -2.34. The van der Waals surface area contributed by atoms with E-state index in [4.69, 9.17) is 9.84 Å². The van der Waals surface area contributed by atoms with Crippen LogP contribution in [0.3, 0.4) is 0 Å². The zero-order valence-corrected chi connectivity index (χ0v) is 12.6. The SMILES string of the molecule is CC1CC2CC(CC(=O)NCCOCCO)CC(C1)C2. The summed E-state index contributed by atoms with van der Waals surface area (Å²) in [6.07, 6.45) is 7.30. The summed E-state index contributed by atoms with van der Waals surface area (Å²) in [4.78, 5) is 11.9. The van der Waals surface area contributed by atoms with Gasteiger partial charge in [-0.25, -0.2) is 0 Å². The molecule has 2 aliphatic rings. The minimum Gasteiger partial charge on any atom is -0.394 e.